The van der Waals surface area contributed by atoms with Gasteiger partial charge in [-0.2, -0.15) is 0 Å². The van der Waals surface area contributed by atoms with E-state index in [1.54, 1.807) is 0 Å². The van der Waals surface area contributed by atoms with E-state index < -0.39 is 0 Å². The van der Waals surface area contributed by atoms with Gasteiger partial charge in [0.2, 0.25) is 0 Å². The molecule has 0 spiro atoms. The molecule has 3 nitrogen and oxygen atoms in total. The van der Waals surface area contributed by atoms with Gasteiger partial charge in [0.1, 0.15) is 0 Å². The van der Waals surface area contributed by atoms with Crippen molar-refractivity contribution in [2.24, 2.45) is 5.73 Å². The van der Waals surface area contributed by atoms with Crippen LogP contribution in [0.2, 0.25) is 0 Å². The molecule has 0 amide bonds. The molecule has 0 aliphatic rings. The number of anilines is 1. The molecule has 1 heterocycles. The fraction of sp³-hybridized carbons (Fsp3) is 0.385. The number of aromatic amines is 1. The predicted molar refractivity (Wildman–Crippen MR) is 69.9 cm³/mol. The number of aromatic nitrogens is 1. The maximum absolute atomic E-state index is 5.50. The molecule has 2 rings (SSSR count). The molecule has 0 fully saturated rings. The van der Waals surface area contributed by atoms with E-state index in [0.717, 1.165) is 12.2 Å². The summed E-state index contributed by atoms with van der Waals surface area (Å²) >= 11 is 0. The second-order valence-electron chi connectivity index (χ2n) is 4.37. The third-order valence-corrected chi connectivity index (χ3v) is 2.80. The molecule has 0 unspecified atom stereocenters. The Kier molecular flexibility index (Phi) is 3.15. The van der Waals surface area contributed by atoms with Crippen molar-refractivity contribution in [1.29, 1.82) is 0 Å². The predicted octanol–water partition coefficient (Wildman–Crippen LogP) is 2.66. The smallest absolute Gasteiger partial charge is 0.0477 e. The van der Waals surface area contributed by atoms with E-state index in [4.69, 9.17) is 5.73 Å². The summed E-state index contributed by atoms with van der Waals surface area (Å²) < 4.78 is 0. The number of hydrogen-bond donors (Lipinski definition) is 3. The highest BCUT2D eigenvalue weighted by Crippen LogP contribution is 2.28. The number of fused-ring (bicyclic) bond motifs is 1. The van der Waals surface area contributed by atoms with Crippen molar-refractivity contribution in [1.82, 2.24) is 4.98 Å². The number of nitrogens with two attached hydrogens (primary N) is 1. The molecular formula is C13H19N3. The van der Waals surface area contributed by atoms with Crippen LogP contribution in [0.5, 0.6) is 0 Å². The third kappa shape index (κ3) is 2.04. The zero-order chi connectivity index (χ0) is 11.5. The number of rotatable bonds is 4. The summed E-state index contributed by atoms with van der Waals surface area (Å²) in [7, 11) is 0. The molecule has 1 aromatic carbocycles. The molecule has 0 atom stereocenters. The van der Waals surface area contributed by atoms with Gasteiger partial charge < -0.3 is 16.0 Å². The second kappa shape index (κ2) is 4.58. The third-order valence-electron chi connectivity index (χ3n) is 2.80. The number of benzene rings is 1. The van der Waals surface area contributed by atoms with Crippen LogP contribution in [0.1, 0.15) is 25.3 Å². The van der Waals surface area contributed by atoms with Crippen molar-refractivity contribution < 1.29 is 0 Å². The summed E-state index contributed by atoms with van der Waals surface area (Å²) in [5.41, 5.74) is 9.20. The van der Waals surface area contributed by atoms with Crippen molar-refractivity contribution in [2.75, 3.05) is 18.4 Å². The van der Waals surface area contributed by atoms with Crippen molar-refractivity contribution in [3.8, 4) is 0 Å². The quantitative estimate of drug-likeness (QED) is 0.737. The van der Waals surface area contributed by atoms with Crippen molar-refractivity contribution in [3.63, 3.8) is 0 Å². The summed E-state index contributed by atoms with van der Waals surface area (Å²) in [6.07, 6.45) is 1.99. The lowest BCUT2D eigenvalue weighted by Crippen LogP contribution is -2.13. The Hall–Kier alpha value is -1.48. The van der Waals surface area contributed by atoms with E-state index in [9.17, 15) is 0 Å². The first-order valence-electron chi connectivity index (χ1n) is 5.77. The van der Waals surface area contributed by atoms with Crippen LogP contribution in [0.4, 0.5) is 5.69 Å². The van der Waals surface area contributed by atoms with Crippen LogP contribution >= 0.6 is 0 Å². The van der Waals surface area contributed by atoms with Gasteiger partial charge in [0.25, 0.3) is 0 Å². The first-order chi connectivity index (χ1) is 7.72. The largest absolute Gasteiger partial charge is 0.384 e. The highest BCUT2D eigenvalue weighted by molar-refractivity contribution is 5.87. The maximum Gasteiger partial charge on any atom is 0.0477 e. The fourth-order valence-corrected chi connectivity index (χ4v) is 1.99. The van der Waals surface area contributed by atoms with Crippen molar-refractivity contribution in [2.45, 2.75) is 19.8 Å². The first kappa shape index (κ1) is 11.0. The molecule has 0 aliphatic heterocycles. The van der Waals surface area contributed by atoms with Crippen LogP contribution in [0, 0.1) is 0 Å². The van der Waals surface area contributed by atoms with Gasteiger partial charge in [-0.3, -0.25) is 0 Å². The summed E-state index contributed by atoms with van der Waals surface area (Å²) in [6.45, 7) is 5.90. The normalized spacial score (nSPS) is 11.2. The lowest BCUT2D eigenvalue weighted by atomic mass is 9.98. The summed E-state index contributed by atoms with van der Waals surface area (Å²) in [5.74, 6) is 0.526. The molecule has 0 bridgehead atoms. The maximum atomic E-state index is 5.50. The average Bonchev–Trinajstić information content (AvgIpc) is 2.72. The minimum atomic E-state index is 0.526. The first-order valence-corrected chi connectivity index (χ1v) is 5.77. The summed E-state index contributed by atoms with van der Waals surface area (Å²) in [6, 6.07) is 6.49. The average molecular weight is 217 g/mol. The minimum absolute atomic E-state index is 0.526. The molecule has 3 heteroatoms. The van der Waals surface area contributed by atoms with E-state index in [2.05, 4.69) is 42.3 Å². The molecule has 1 aromatic heterocycles. The molecule has 86 valence electrons. The summed E-state index contributed by atoms with van der Waals surface area (Å²) in [4.78, 5) is 3.26. The molecular weight excluding hydrogens is 198 g/mol. The SMILES string of the molecule is CC(C)c1cc(NCCN)cc2[nH]ccc12. The highest BCUT2D eigenvalue weighted by atomic mass is 14.9. The van der Waals surface area contributed by atoms with Gasteiger partial charge in [-0.05, 0) is 29.7 Å². The molecule has 0 radical (unpaired) electrons. The van der Waals surface area contributed by atoms with E-state index in [1.165, 1.54) is 16.5 Å². The molecule has 2 aromatic rings. The van der Waals surface area contributed by atoms with E-state index >= 15 is 0 Å². The van der Waals surface area contributed by atoms with Gasteiger partial charge in [0.15, 0.2) is 0 Å². The van der Waals surface area contributed by atoms with Crippen LogP contribution < -0.4 is 11.1 Å². The molecule has 4 N–H and O–H groups in total. The molecule has 0 aliphatic carbocycles. The van der Waals surface area contributed by atoms with Crippen LogP contribution in [-0.2, 0) is 0 Å². The fourth-order valence-electron chi connectivity index (χ4n) is 1.99. The topological polar surface area (TPSA) is 53.8 Å². The standard InChI is InChI=1S/C13H19N3/c1-9(2)12-7-10(15-6-4-14)8-13-11(12)3-5-16-13/h3,5,7-9,15-16H,4,6,14H2,1-2H3. The number of H-pyrrole nitrogens is 1. The van der Waals surface area contributed by atoms with Gasteiger partial charge >= 0.3 is 0 Å². The van der Waals surface area contributed by atoms with Gasteiger partial charge in [-0.15, -0.1) is 0 Å². The highest BCUT2D eigenvalue weighted by Gasteiger charge is 2.07. The Labute approximate surface area is 96.0 Å². The van der Waals surface area contributed by atoms with Crippen molar-refractivity contribution in [3.05, 3.63) is 30.0 Å². The van der Waals surface area contributed by atoms with E-state index in [1.807, 2.05) is 6.20 Å². The molecule has 16 heavy (non-hydrogen) atoms. The lowest BCUT2D eigenvalue weighted by Gasteiger charge is -2.11. The second-order valence-corrected chi connectivity index (χ2v) is 4.37. The molecule has 0 saturated heterocycles. The zero-order valence-electron chi connectivity index (χ0n) is 9.88. The van der Waals surface area contributed by atoms with Crippen molar-refractivity contribution >= 4 is 16.6 Å². The Bertz CT molecular complexity index is 471. The number of nitrogens with one attached hydrogen (secondary N) is 2. The van der Waals surface area contributed by atoms with Gasteiger partial charge in [0.05, 0.1) is 0 Å². The Morgan fingerprint density at radius 2 is 2.19 bits per heavy atom. The van der Waals surface area contributed by atoms with Crippen LogP contribution in [0.15, 0.2) is 24.4 Å². The van der Waals surface area contributed by atoms with Crippen LogP contribution in [0.25, 0.3) is 10.9 Å². The Morgan fingerprint density at radius 3 is 2.88 bits per heavy atom. The van der Waals surface area contributed by atoms with Crippen LogP contribution in [0.3, 0.4) is 0 Å². The van der Waals surface area contributed by atoms with E-state index in [-0.39, 0.29) is 0 Å². The molecule has 0 saturated carbocycles. The number of hydrogen-bond acceptors (Lipinski definition) is 2. The Balaban J connectivity index is 2.44. The lowest BCUT2D eigenvalue weighted by molar-refractivity contribution is 0.876. The minimum Gasteiger partial charge on any atom is -0.384 e. The van der Waals surface area contributed by atoms with Crippen LogP contribution in [-0.4, -0.2) is 18.1 Å². The summed E-state index contributed by atoms with van der Waals surface area (Å²) in [5, 5.41) is 4.64. The van der Waals surface area contributed by atoms with Gasteiger partial charge in [-0.1, -0.05) is 13.8 Å². The van der Waals surface area contributed by atoms with Gasteiger partial charge in [0, 0.05) is 35.9 Å². The monoisotopic (exact) mass is 217 g/mol. The van der Waals surface area contributed by atoms with Gasteiger partial charge in [-0.25, -0.2) is 0 Å². The van der Waals surface area contributed by atoms with E-state index in [0.29, 0.717) is 12.5 Å². The zero-order valence-corrected chi connectivity index (χ0v) is 9.88. The Morgan fingerprint density at radius 1 is 1.38 bits per heavy atom.